The third kappa shape index (κ3) is 5.14. The number of aromatic nitrogens is 2. The van der Waals surface area contributed by atoms with Crippen molar-refractivity contribution in [2.24, 2.45) is 0 Å². The number of rotatable bonds is 7. The number of carbonyl (C=O) groups excluding carboxylic acids is 1. The van der Waals surface area contributed by atoms with Gasteiger partial charge in [-0.15, -0.1) is 0 Å². The molecule has 2 aliphatic rings. The van der Waals surface area contributed by atoms with Gasteiger partial charge in [-0.2, -0.15) is 0 Å². The first-order chi connectivity index (χ1) is 12.6. The highest BCUT2D eigenvalue weighted by molar-refractivity contribution is 5.78. The summed E-state index contributed by atoms with van der Waals surface area (Å²) in [5.74, 6) is 1.56. The Bertz CT molecular complexity index is 605. The molecule has 0 spiro atoms. The summed E-state index contributed by atoms with van der Waals surface area (Å²) in [6, 6.07) is 2.80. The molecule has 1 aromatic heterocycles. The SMILES string of the molecule is CCN(CC(=O)N1CCC[C@H](N(C)Cc2nccc(N)n2)CC1)C1CC1. The van der Waals surface area contributed by atoms with Crippen LogP contribution in [0.2, 0.25) is 0 Å². The van der Waals surface area contributed by atoms with E-state index in [-0.39, 0.29) is 0 Å². The summed E-state index contributed by atoms with van der Waals surface area (Å²) in [4.78, 5) is 28.0. The molecule has 0 bridgehead atoms. The number of nitrogens with two attached hydrogens (primary N) is 1. The minimum atomic E-state index is 0.293. The van der Waals surface area contributed by atoms with Crippen LogP contribution in [0.5, 0.6) is 0 Å². The summed E-state index contributed by atoms with van der Waals surface area (Å²) >= 11 is 0. The molecular weight excluding hydrogens is 328 g/mol. The maximum atomic E-state index is 12.7. The van der Waals surface area contributed by atoms with Gasteiger partial charge in [-0.1, -0.05) is 6.92 Å². The van der Waals surface area contributed by atoms with Crippen LogP contribution in [-0.4, -0.2) is 75.9 Å². The van der Waals surface area contributed by atoms with Gasteiger partial charge < -0.3 is 10.6 Å². The third-order valence-electron chi connectivity index (χ3n) is 5.60. The minimum Gasteiger partial charge on any atom is -0.384 e. The van der Waals surface area contributed by atoms with E-state index >= 15 is 0 Å². The highest BCUT2D eigenvalue weighted by Gasteiger charge is 2.31. The summed E-state index contributed by atoms with van der Waals surface area (Å²) in [7, 11) is 2.11. The van der Waals surface area contributed by atoms with Crippen molar-refractivity contribution >= 4 is 11.7 Å². The molecule has 0 unspecified atom stereocenters. The molecule has 2 heterocycles. The van der Waals surface area contributed by atoms with E-state index in [1.165, 1.54) is 12.8 Å². The molecule has 1 atom stereocenters. The van der Waals surface area contributed by atoms with E-state index in [1.54, 1.807) is 12.3 Å². The van der Waals surface area contributed by atoms with Gasteiger partial charge in [-0.3, -0.25) is 14.6 Å². The summed E-state index contributed by atoms with van der Waals surface area (Å²) in [5.41, 5.74) is 5.75. The molecular formula is C19H32N6O. The number of nitrogens with zero attached hydrogens (tertiary/aromatic N) is 5. The second-order valence-electron chi connectivity index (χ2n) is 7.57. The normalized spacial score (nSPS) is 21.2. The first-order valence-corrected chi connectivity index (χ1v) is 9.86. The lowest BCUT2D eigenvalue weighted by Gasteiger charge is -2.27. The van der Waals surface area contributed by atoms with Crippen molar-refractivity contribution in [2.75, 3.05) is 39.0 Å². The van der Waals surface area contributed by atoms with E-state index < -0.39 is 0 Å². The standard InChI is InChI=1S/C19H32N6O/c1-3-24(16-6-7-16)14-19(26)25-11-4-5-15(9-12-25)23(2)13-18-21-10-8-17(20)22-18/h8,10,15-16H,3-7,9,11-14H2,1-2H3,(H2,20,21,22)/t15-/m0/s1. The summed E-state index contributed by atoms with van der Waals surface area (Å²) < 4.78 is 0. The average Bonchev–Trinajstić information content (AvgIpc) is 3.45. The number of amides is 1. The van der Waals surface area contributed by atoms with E-state index in [4.69, 9.17) is 5.73 Å². The first-order valence-electron chi connectivity index (χ1n) is 9.86. The van der Waals surface area contributed by atoms with E-state index in [2.05, 4.69) is 38.6 Å². The lowest BCUT2D eigenvalue weighted by molar-refractivity contribution is -0.132. The van der Waals surface area contributed by atoms with E-state index in [1.807, 2.05) is 0 Å². The van der Waals surface area contributed by atoms with Crippen LogP contribution in [0.3, 0.4) is 0 Å². The van der Waals surface area contributed by atoms with Crippen molar-refractivity contribution in [1.29, 1.82) is 0 Å². The zero-order chi connectivity index (χ0) is 18.5. The van der Waals surface area contributed by atoms with Crippen LogP contribution in [0, 0.1) is 0 Å². The molecule has 0 aromatic carbocycles. The number of nitrogen functional groups attached to an aromatic ring is 1. The second-order valence-corrected chi connectivity index (χ2v) is 7.57. The van der Waals surface area contributed by atoms with Crippen molar-refractivity contribution in [1.82, 2.24) is 24.7 Å². The zero-order valence-corrected chi connectivity index (χ0v) is 16.1. The molecule has 26 heavy (non-hydrogen) atoms. The molecule has 1 aromatic rings. The Morgan fingerprint density at radius 2 is 2.08 bits per heavy atom. The van der Waals surface area contributed by atoms with Gasteiger partial charge in [0.15, 0.2) is 0 Å². The fourth-order valence-electron chi connectivity index (χ4n) is 3.82. The fourth-order valence-corrected chi connectivity index (χ4v) is 3.82. The van der Waals surface area contributed by atoms with Crippen LogP contribution in [0.1, 0.15) is 44.9 Å². The van der Waals surface area contributed by atoms with Gasteiger partial charge in [0.25, 0.3) is 0 Å². The van der Waals surface area contributed by atoms with Gasteiger partial charge in [0, 0.05) is 31.4 Å². The van der Waals surface area contributed by atoms with Gasteiger partial charge in [-0.25, -0.2) is 9.97 Å². The number of hydrogen-bond acceptors (Lipinski definition) is 6. The Morgan fingerprint density at radius 3 is 2.77 bits per heavy atom. The van der Waals surface area contributed by atoms with Gasteiger partial charge in [0.05, 0.1) is 13.1 Å². The number of anilines is 1. The molecule has 144 valence electrons. The van der Waals surface area contributed by atoms with Crippen molar-refractivity contribution < 1.29 is 4.79 Å². The first kappa shape index (κ1) is 19.0. The number of likely N-dealkylation sites (tertiary alicyclic amines) is 1. The van der Waals surface area contributed by atoms with Gasteiger partial charge in [0.2, 0.25) is 5.91 Å². The number of likely N-dealkylation sites (N-methyl/N-ethyl adjacent to an activating group) is 1. The Balaban J connectivity index is 1.49. The van der Waals surface area contributed by atoms with Crippen molar-refractivity contribution in [2.45, 2.75) is 57.7 Å². The smallest absolute Gasteiger partial charge is 0.236 e. The molecule has 0 radical (unpaired) electrons. The van der Waals surface area contributed by atoms with E-state index in [0.717, 1.165) is 44.7 Å². The highest BCUT2D eigenvalue weighted by atomic mass is 16.2. The van der Waals surface area contributed by atoms with Crippen LogP contribution in [0.4, 0.5) is 5.82 Å². The second kappa shape index (κ2) is 8.77. The Labute approximate surface area is 156 Å². The molecule has 3 rings (SSSR count). The summed E-state index contributed by atoms with van der Waals surface area (Å²) in [6.07, 6.45) is 7.36. The molecule has 1 amide bonds. The van der Waals surface area contributed by atoms with Crippen LogP contribution in [-0.2, 0) is 11.3 Å². The molecule has 1 aliphatic heterocycles. The quantitative estimate of drug-likeness (QED) is 0.791. The zero-order valence-electron chi connectivity index (χ0n) is 16.1. The van der Waals surface area contributed by atoms with E-state index in [0.29, 0.717) is 36.9 Å². The predicted molar refractivity (Wildman–Crippen MR) is 102 cm³/mol. The minimum absolute atomic E-state index is 0.293. The molecule has 1 aliphatic carbocycles. The largest absolute Gasteiger partial charge is 0.384 e. The topological polar surface area (TPSA) is 78.6 Å². The maximum Gasteiger partial charge on any atom is 0.236 e. The lowest BCUT2D eigenvalue weighted by Crippen LogP contribution is -2.42. The van der Waals surface area contributed by atoms with Gasteiger partial charge in [0.1, 0.15) is 11.6 Å². The van der Waals surface area contributed by atoms with Gasteiger partial charge in [-0.05, 0) is 51.8 Å². The van der Waals surface area contributed by atoms with Crippen LogP contribution < -0.4 is 5.73 Å². The van der Waals surface area contributed by atoms with Crippen LogP contribution in [0.15, 0.2) is 12.3 Å². The van der Waals surface area contributed by atoms with Crippen molar-refractivity contribution in [3.63, 3.8) is 0 Å². The third-order valence-corrected chi connectivity index (χ3v) is 5.60. The Kier molecular flexibility index (Phi) is 6.43. The van der Waals surface area contributed by atoms with E-state index in [9.17, 15) is 4.79 Å². The lowest BCUT2D eigenvalue weighted by atomic mass is 10.1. The highest BCUT2D eigenvalue weighted by Crippen LogP contribution is 2.26. The Hall–Kier alpha value is -1.73. The molecule has 7 nitrogen and oxygen atoms in total. The Morgan fingerprint density at radius 1 is 1.27 bits per heavy atom. The summed E-state index contributed by atoms with van der Waals surface area (Å²) in [5, 5.41) is 0. The van der Waals surface area contributed by atoms with Crippen molar-refractivity contribution in [3.8, 4) is 0 Å². The van der Waals surface area contributed by atoms with Gasteiger partial charge >= 0.3 is 0 Å². The van der Waals surface area contributed by atoms with Crippen molar-refractivity contribution in [3.05, 3.63) is 18.1 Å². The van der Waals surface area contributed by atoms with Crippen LogP contribution >= 0.6 is 0 Å². The maximum absolute atomic E-state index is 12.7. The van der Waals surface area contributed by atoms with Crippen LogP contribution in [0.25, 0.3) is 0 Å². The molecule has 1 saturated heterocycles. The molecule has 1 saturated carbocycles. The average molecular weight is 361 g/mol. The number of hydrogen-bond donors (Lipinski definition) is 1. The predicted octanol–water partition coefficient (Wildman–Crippen LogP) is 1.36. The molecule has 7 heteroatoms. The molecule has 2 fully saturated rings. The molecule has 2 N–H and O–H groups in total. The number of carbonyl (C=O) groups is 1. The summed E-state index contributed by atoms with van der Waals surface area (Å²) in [6.45, 7) is 6.11. The fraction of sp³-hybridized carbons (Fsp3) is 0.737. The monoisotopic (exact) mass is 360 g/mol.